The van der Waals surface area contributed by atoms with Crippen molar-refractivity contribution in [3.05, 3.63) is 101 Å². The van der Waals surface area contributed by atoms with E-state index in [1.165, 1.54) is 0 Å². The van der Waals surface area contributed by atoms with Crippen molar-refractivity contribution in [1.29, 1.82) is 0 Å². The summed E-state index contributed by atoms with van der Waals surface area (Å²) < 4.78 is 6.12. The number of hydrogen-bond acceptors (Lipinski definition) is 4. The van der Waals surface area contributed by atoms with E-state index in [1.54, 1.807) is 24.3 Å². The number of hydrogen-bond donors (Lipinski definition) is 0. The van der Waals surface area contributed by atoms with E-state index in [1.807, 2.05) is 54.6 Å². The molecule has 0 N–H and O–H groups in total. The average molecular weight is 378 g/mol. The Balaban J connectivity index is 1.63. The zero-order chi connectivity index (χ0) is 18.6. The summed E-state index contributed by atoms with van der Waals surface area (Å²) in [5.74, 6) is 0.124. The second kappa shape index (κ2) is 7.64. The Morgan fingerprint density at radius 3 is 2.48 bits per heavy atom. The van der Waals surface area contributed by atoms with Crippen molar-refractivity contribution >= 4 is 23.3 Å². The third-order valence-electron chi connectivity index (χ3n) is 4.35. The first-order chi connectivity index (χ1) is 13.2. The molecule has 0 saturated heterocycles. The van der Waals surface area contributed by atoms with Crippen LogP contribution in [0.15, 0.2) is 84.0 Å². The predicted molar refractivity (Wildman–Crippen MR) is 104 cm³/mol. The highest BCUT2D eigenvalue weighted by molar-refractivity contribution is 6.33. The van der Waals surface area contributed by atoms with Crippen LogP contribution < -0.4 is 4.74 Å². The fourth-order valence-electron chi connectivity index (χ4n) is 3.00. The van der Waals surface area contributed by atoms with E-state index in [4.69, 9.17) is 21.2 Å². The smallest absolute Gasteiger partial charge is 0.367 e. The molecule has 0 radical (unpaired) electrons. The van der Waals surface area contributed by atoms with Crippen molar-refractivity contribution in [2.24, 2.45) is 5.16 Å². The number of ether oxygens (including phenoxy) is 1. The van der Waals surface area contributed by atoms with Gasteiger partial charge >= 0.3 is 5.97 Å². The lowest BCUT2D eigenvalue weighted by atomic mass is 9.96. The molecule has 0 fully saturated rings. The minimum Gasteiger partial charge on any atom is -0.485 e. The van der Waals surface area contributed by atoms with Crippen molar-refractivity contribution in [2.45, 2.75) is 12.5 Å². The summed E-state index contributed by atoms with van der Waals surface area (Å²) in [5.41, 5.74) is 2.79. The maximum atomic E-state index is 12.3. The SMILES string of the molecule is O=C(ON=C1CC(c2ccccc2)Oc2ccccc21)c1ccccc1Cl. The van der Waals surface area contributed by atoms with Crippen LogP contribution >= 0.6 is 11.6 Å². The molecular weight excluding hydrogens is 362 g/mol. The predicted octanol–water partition coefficient (Wildman–Crippen LogP) is 5.42. The van der Waals surface area contributed by atoms with Gasteiger partial charge in [-0.1, -0.05) is 71.4 Å². The maximum absolute atomic E-state index is 12.3. The number of fused-ring (bicyclic) bond motifs is 1. The molecule has 0 aromatic heterocycles. The zero-order valence-corrected chi connectivity index (χ0v) is 15.1. The van der Waals surface area contributed by atoms with Gasteiger partial charge in [-0.05, 0) is 29.8 Å². The van der Waals surface area contributed by atoms with Gasteiger partial charge in [0.25, 0.3) is 0 Å². The van der Waals surface area contributed by atoms with Crippen LogP contribution in [0.3, 0.4) is 0 Å². The fraction of sp³-hybridized carbons (Fsp3) is 0.0909. The van der Waals surface area contributed by atoms with Crippen molar-refractivity contribution < 1.29 is 14.4 Å². The molecule has 3 aromatic rings. The van der Waals surface area contributed by atoms with Crippen LogP contribution in [0, 0.1) is 0 Å². The number of nitrogens with zero attached hydrogens (tertiary/aromatic N) is 1. The largest absolute Gasteiger partial charge is 0.485 e. The van der Waals surface area contributed by atoms with Gasteiger partial charge in [-0.2, -0.15) is 0 Å². The van der Waals surface area contributed by atoms with E-state index in [0.29, 0.717) is 22.9 Å². The van der Waals surface area contributed by atoms with Gasteiger partial charge in [-0.3, -0.25) is 0 Å². The third kappa shape index (κ3) is 3.71. The normalized spacial score (nSPS) is 17.1. The van der Waals surface area contributed by atoms with Gasteiger partial charge in [-0.25, -0.2) is 4.79 Å². The van der Waals surface area contributed by atoms with E-state index >= 15 is 0 Å². The Kier molecular flexibility index (Phi) is 4.90. The standard InChI is InChI=1S/C22H16ClNO3/c23-18-12-6-4-10-16(18)22(25)27-24-19-14-21(15-8-2-1-3-9-15)26-20-13-7-5-11-17(19)20/h1-13,21H,14H2. The van der Waals surface area contributed by atoms with E-state index in [2.05, 4.69) is 5.16 Å². The monoisotopic (exact) mass is 377 g/mol. The number of para-hydroxylation sites is 1. The van der Waals surface area contributed by atoms with Gasteiger partial charge in [0.2, 0.25) is 0 Å². The highest BCUT2D eigenvalue weighted by atomic mass is 35.5. The lowest BCUT2D eigenvalue weighted by molar-refractivity contribution is 0.0513. The van der Waals surface area contributed by atoms with Crippen LogP contribution in [0.4, 0.5) is 0 Å². The first-order valence-electron chi connectivity index (χ1n) is 8.56. The summed E-state index contributed by atoms with van der Waals surface area (Å²) in [7, 11) is 0. The van der Waals surface area contributed by atoms with Crippen molar-refractivity contribution in [1.82, 2.24) is 0 Å². The molecule has 0 amide bonds. The van der Waals surface area contributed by atoms with Gasteiger partial charge in [0, 0.05) is 12.0 Å². The molecule has 1 unspecified atom stereocenters. The number of carbonyl (C=O) groups excluding carboxylic acids is 1. The second-order valence-corrected chi connectivity index (χ2v) is 6.52. The number of carbonyl (C=O) groups is 1. The number of rotatable bonds is 3. The molecule has 0 bridgehead atoms. The maximum Gasteiger partial charge on any atom is 0.367 e. The van der Waals surface area contributed by atoms with Crippen LogP contribution in [-0.2, 0) is 4.84 Å². The summed E-state index contributed by atoms with van der Waals surface area (Å²) in [5, 5.41) is 4.48. The van der Waals surface area contributed by atoms with E-state index in [9.17, 15) is 4.79 Å². The highest BCUT2D eigenvalue weighted by Crippen LogP contribution is 2.35. The molecule has 1 atom stereocenters. The Morgan fingerprint density at radius 1 is 0.963 bits per heavy atom. The molecular formula is C22H16ClNO3. The first-order valence-corrected chi connectivity index (χ1v) is 8.94. The van der Waals surface area contributed by atoms with Gasteiger partial charge in [0.05, 0.1) is 16.3 Å². The minimum atomic E-state index is -0.590. The third-order valence-corrected chi connectivity index (χ3v) is 4.68. The minimum absolute atomic E-state index is 0.195. The molecule has 5 heteroatoms. The van der Waals surface area contributed by atoms with Crippen LogP contribution in [-0.4, -0.2) is 11.7 Å². The number of benzene rings is 3. The van der Waals surface area contributed by atoms with Crippen molar-refractivity contribution in [3.63, 3.8) is 0 Å². The van der Waals surface area contributed by atoms with E-state index in [-0.39, 0.29) is 11.7 Å². The van der Waals surface area contributed by atoms with Gasteiger partial charge in [-0.15, -0.1) is 0 Å². The zero-order valence-electron chi connectivity index (χ0n) is 14.3. The van der Waals surface area contributed by atoms with Crippen LogP contribution in [0.25, 0.3) is 0 Å². The molecule has 0 aliphatic carbocycles. The summed E-state index contributed by atoms with van der Waals surface area (Å²) in [6.07, 6.45) is 0.301. The van der Waals surface area contributed by atoms with Crippen LogP contribution in [0.1, 0.15) is 34.0 Å². The summed E-state index contributed by atoms with van der Waals surface area (Å²) in [6, 6.07) is 24.2. The van der Waals surface area contributed by atoms with Crippen molar-refractivity contribution in [2.75, 3.05) is 0 Å². The quantitative estimate of drug-likeness (QED) is 0.452. The number of oxime groups is 1. The lowest BCUT2D eigenvalue weighted by Gasteiger charge is -2.27. The molecule has 1 aliphatic heterocycles. The summed E-state index contributed by atoms with van der Waals surface area (Å²) >= 11 is 6.06. The fourth-order valence-corrected chi connectivity index (χ4v) is 3.21. The summed E-state index contributed by atoms with van der Waals surface area (Å²) in [6.45, 7) is 0. The lowest BCUT2D eigenvalue weighted by Crippen LogP contribution is -2.21. The Labute approximate surface area is 162 Å². The molecule has 4 nitrogen and oxygen atoms in total. The van der Waals surface area contributed by atoms with E-state index in [0.717, 1.165) is 11.1 Å². The van der Waals surface area contributed by atoms with Gasteiger partial charge in [0.15, 0.2) is 0 Å². The Morgan fingerprint density at radius 2 is 1.67 bits per heavy atom. The van der Waals surface area contributed by atoms with Gasteiger partial charge in [0.1, 0.15) is 11.9 Å². The average Bonchev–Trinajstić information content (AvgIpc) is 2.72. The molecule has 134 valence electrons. The van der Waals surface area contributed by atoms with Crippen molar-refractivity contribution in [3.8, 4) is 5.75 Å². The molecule has 3 aromatic carbocycles. The molecule has 0 saturated carbocycles. The molecule has 1 aliphatic rings. The first kappa shape index (κ1) is 17.3. The molecule has 27 heavy (non-hydrogen) atoms. The Hall–Kier alpha value is -3.11. The van der Waals surface area contributed by atoms with Crippen LogP contribution in [0.2, 0.25) is 5.02 Å². The summed E-state index contributed by atoms with van der Waals surface area (Å²) in [4.78, 5) is 17.5. The van der Waals surface area contributed by atoms with E-state index < -0.39 is 5.97 Å². The topological polar surface area (TPSA) is 47.9 Å². The second-order valence-electron chi connectivity index (χ2n) is 6.11. The molecule has 1 heterocycles. The number of halogens is 1. The molecule has 4 rings (SSSR count). The highest BCUT2D eigenvalue weighted by Gasteiger charge is 2.27. The Bertz CT molecular complexity index is 1000. The molecule has 0 spiro atoms. The van der Waals surface area contributed by atoms with Crippen LogP contribution in [0.5, 0.6) is 5.75 Å². The van der Waals surface area contributed by atoms with Gasteiger partial charge < -0.3 is 9.57 Å².